The zero-order valence-electron chi connectivity index (χ0n) is 14.0. The third-order valence-corrected chi connectivity index (χ3v) is 4.48. The molecule has 0 aliphatic rings. The van der Waals surface area contributed by atoms with Crippen LogP contribution in [0.2, 0.25) is 0 Å². The predicted molar refractivity (Wildman–Crippen MR) is 98.0 cm³/mol. The lowest BCUT2D eigenvalue weighted by atomic mass is 9.85. The van der Waals surface area contributed by atoms with E-state index in [9.17, 15) is 4.39 Å². The number of H-pyrrole nitrogens is 1. The Balaban J connectivity index is 1.78. The molecule has 0 radical (unpaired) electrons. The quantitative estimate of drug-likeness (QED) is 0.584. The van der Waals surface area contributed by atoms with E-state index in [-0.39, 0.29) is 11.7 Å². The molecule has 0 aliphatic heterocycles. The summed E-state index contributed by atoms with van der Waals surface area (Å²) in [6.45, 7) is 0. The van der Waals surface area contributed by atoms with Crippen molar-refractivity contribution in [1.82, 2.24) is 20.2 Å². The van der Waals surface area contributed by atoms with E-state index in [0.29, 0.717) is 6.42 Å². The lowest BCUT2D eigenvalue weighted by Gasteiger charge is -2.19. The number of halogens is 1. The summed E-state index contributed by atoms with van der Waals surface area (Å²) in [5.41, 5.74) is 4.96. The van der Waals surface area contributed by atoms with Crippen LogP contribution in [0.15, 0.2) is 79.6 Å². The van der Waals surface area contributed by atoms with Crippen LogP contribution in [-0.2, 0) is 6.42 Å². The maximum Gasteiger partial charge on any atom is 0.123 e. The summed E-state index contributed by atoms with van der Waals surface area (Å²) >= 11 is 0. The van der Waals surface area contributed by atoms with E-state index in [1.54, 1.807) is 30.9 Å². The van der Waals surface area contributed by atoms with Crippen molar-refractivity contribution in [2.45, 2.75) is 12.3 Å². The number of nitrogens with one attached hydrogen (secondary N) is 1. The van der Waals surface area contributed by atoms with Crippen LogP contribution in [0.1, 0.15) is 22.6 Å². The minimum absolute atomic E-state index is 0.0773. The average molecular weight is 344 g/mol. The van der Waals surface area contributed by atoms with Crippen LogP contribution in [0.4, 0.5) is 4.39 Å². The molecule has 0 unspecified atom stereocenters. The Morgan fingerprint density at radius 3 is 2.23 bits per heavy atom. The minimum Gasteiger partial charge on any atom is -0.285 e. The van der Waals surface area contributed by atoms with Crippen molar-refractivity contribution in [3.8, 4) is 11.1 Å². The van der Waals surface area contributed by atoms with Gasteiger partial charge >= 0.3 is 0 Å². The molecule has 128 valence electrons. The lowest BCUT2D eigenvalue weighted by molar-refractivity contribution is 0.627. The summed E-state index contributed by atoms with van der Waals surface area (Å²) in [7, 11) is 0. The summed E-state index contributed by atoms with van der Waals surface area (Å²) in [6, 6.07) is 12.9. The van der Waals surface area contributed by atoms with Gasteiger partial charge < -0.3 is 0 Å². The summed E-state index contributed by atoms with van der Waals surface area (Å²) in [5, 5.41) is 6.80. The molecule has 26 heavy (non-hydrogen) atoms. The van der Waals surface area contributed by atoms with Crippen molar-refractivity contribution in [2.75, 3.05) is 0 Å². The maximum atomic E-state index is 13.9. The Kier molecular flexibility index (Phi) is 4.51. The molecule has 4 nitrogen and oxygen atoms in total. The van der Waals surface area contributed by atoms with E-state index in [0.717, 1.165) is 27.8 Å². The van der Waals surface area contributed by atoms with Gasteiger partial charge in [0.1, 0.15) is 5.82 Å². The van der Waals surface area contributed by atoms with Crippen molar-refractivity contribution < 1.29 is 4.39 Å². The molecule has 0 amide bonds. The molecule has 1 N–H and O–H groups in total. The molecule has 0 saturated heterocycles. The highest BCUT2D eigenvalue weighted by Crippen LogP contribution is 2.32. The number of hydrogen-bond acceptors (Lipinski definition) is 3. The average Bonchev–Trinajstić information content (AvgIpc) is 3.23. The number of benzene rings is 1. The highest BCUT2D eigenvalue weighted by atomic mass is 19.1. The van der Waals surface area contributed by atoms with Crippen molar-refractivity contribution >= 4 is 0 Å². The molecular formula is C21H17FN4. The SMILES string of the molecule is Fc1ccc(CC(c2cccnc2)c2cccnc2)c(-c2cn[nH]c2)c1. The van der Waals surface area contributed by atoms with Crippen molar-refractivity contribution in [1.29, 1.82) is 0 Å². The molecular weight excluding hydrogens is 327 g/mol. The van der Waals surface area contributed by atoms with Gasteiger partial charge in [0.25, 0.3) is 0 Å². The van der Waals surface area contributed by atoms with E-state index in [1.165, 1.54) is 6.07 Å². The fourth-order valence-corrected chi connectivity index (χ4v) is 3.21. The van der Waals surface area contributed by atoms with Gasteiger partial charge in [0, 0.05) is 42.5 Å². The summed E-state index contributed by atoms with van der Waals surface area (Å²) in [4.78, 5) is 8.53. The molecule has 0 saturated carbocycles. The number of pyridine rings is 2. The first-order valence-electron chi connectivity index (χ1n) is 8.38. The molecule has 0 spiro atoms. The smallest absolute Gasteiger partial charge is 0.123 e. The minimum atomic E-state index is -0.260. The first kappa shape index (κ1) is 16.1. The number of nitrogens with zero attached hydrogens (tertiary/aromatic N) is 3. The van der Waals surface area contributed by atoms with E-state index < -0.39 is 0 Å². The Bertz CT molecular complexity index is 930. The topological polar surface area (TPSA) is 54.5 Å². The van der Waals surface area contributed by atoms with Gasteiger partial charge in [-0.25, -0.2) is 4.39 Å². The van der Waals surface area contributed by atoms with E-state index in [4.69, 9.17) is 0 Å². The van der Waals surface area contributed by atoms with Crippen molar-refractivity contribution in [3.63, 3.8) is 0 Å². The third-order valence-electron chi connectivity index (χ3n) is 4.48. The van der Waals surface area contributed by atoms with Gasteiger partial charge in [-0.1, -0.05) is 18.2 Å². The van der Waals surface area contributed by atoms with Gasteiger partial charge in [0.2, 0.25) is 0 Å². The monoisotopic (exact) mass is 344 g/mol. The number of rotatable bonds is 5. The Labute approximate surface area is 150 Å². The predicted octanol–water partition coefficient (Wildman–Crippen LogP) is 4.38. The van der Waals surface area contributed by atoms with Gasteiger partial charge in [-0.15, -0.1) is 0 Å². The molecule has 4 rings (SSSR count). The van der Waals surface area contributed by atoms with E-state index >= 15 is 0 Å². The van der Waals surface area contributed by atoms with Crippen molar-refractivity contribution in [3.05, 3.63) is 102 Å². The number of aromatic amines is 1. The van der Waals surface area contributed by atoms with Crippen molar-refractivity contribution in [2.24, 2.45) is 0 Å². The summed E-state index contributed by atoms with van der Waals surface area (Å²) in [5.74, 6) is -0.183. The van der Waals surface area contributed by atoms with Crippen LogP contribution in [0.25, 0.3) is 11.1 Å². The molecule has 0 atom stereocenters. The fourth-order valence-electron chi connectivity index (χ4n) is 3.21. The molecule has 3 aromatic heterocycles. The standard InChI is InChI=1S/C21H17FN4/c22-19-6-5-15(21(10-19)18-13-25-26-14-18)9-20(16-3-1-7-23-11-16)17-4-2-8-24-12-17/h1-8,10-14,20H,9H2,(H,25,26). The lowest BCUT2D eigenvalue weighted by Crippen LogP contribution is -2.07. The highest BCUT2D eigenvalue weighted by Gasteiger charge is 2.18. The van der Waals surface area contributed by atoms with Gasteiger partial charge in [-0.05, 0) is 52.9 Å². The van der Waals surface area contributed by atoms with Crippen LogP contribution >= 0.6 is 0 Å². The molecule has 1 aromatic carbocycles. The molecule has 0 aliphatic carbocycles. The van der Waals surface area contributed by atoms with Gasteiger partial charge in [-0.2, -0.15) is 5.10 Å². The first-order chi connectivity index (χ1) is 12.8. The summed E-state index contributed by atoms with van der Waals surface area (Å²) in [6.07, 6.45) is 11.5. The Morgan fingerprint density at radius 1 is 0.923 bits per heavy atom. The molecule has 0 bridgehead atoms. The second-order valence-electron chi connectivity index (χ2n) is 6.12. The first-order valence-corrected chi connectivity index (χ1v) is 8.38. The maximum absolute atomic E-state index is 13.9. The molecule has 3 heterocycles. The Morgan fingerprint density at radius 2 is 1.65 bits per heavy atom. The van der Waals surface area contributed by atoms with E-state index in [2.05, 4.69) is 32.3 Å². The van der Waals surface area contributed by atoms with Gasteiger partial charge in [0.15, 0.2) is 0 Å². The zero-order chi connectivity index (χ0) is 17.8. The normalized spacial score (nSPS) is 11.0. The van der Waals surface area contributed by atoms with Gasteiger partial charge in [0.05, 0.1) is 6.20 Å². The van der Waals surface area contributed by atoms with Crippen LogP contribution in [0.3, 0.4) is 0 Å². The second kappa shape index (κ2) is 7.27. The van der Waals surface area contributed by atoms with Crippen LogP contribution in [-0.4, -0.2) is 20.2 Å². The van der Waals surface area contributed by atoms with Crippen LogP contribution in [0.5, 0.6) is 0 Å². The number of hydrogen-bond donors (Lipinski definition) is 1. The largest absolute Gasteiger partial charge is 0.285 e. The number of aromatic nitrogens is 4. The van der Waals surface area contributed by atoms with Crippen LogP contribution < -0.4 is 0 Å². The highest BCUT2D eigenvalue weighted by molar-refractivity contribution is 5.66. The molecule has 4 aromatic rings. The van der Waals surface area contributed by atoms with Crippen LogP contribution in [0, 0.1) is 5.82 Å². The second-order valence-corrected chi connectivity index (χ2v) is 6.12. The fraction of sp³-hybridized carbons (Fsp3) is 0.0952. The zero-order valence-corrected chi connectivity index (χ0v) is 14.0. The van der Waals surface area contributed by atoms with E-state index in [1.807, 2.05) is 30.6 Å². The third kappa shape index (κ3) is 3.37. The summed E-state index contributed by atoms with van der Waals surface area (Å²) < 4.78 is 13.9. The molecule has 5 heteroatoms. The van der Waals surface area contributed by atoms with Gasteiger partial charge in [-0.3, -0.25) is 15.1 Å². The Hall–Kier alpha value is -3.34. The molecule has 0 fully saturated rings.